The summed E-state index contributed by atoms with van der Waals surface area (Å²) in [7, 11) is 0. The molecule has 2 aliphatic rings. The molecule has 2 fully saturated rings. The van der Waals surface area contributed by atoms with E-state index in [2.05, 4.69) is 57.9 Å². The van der Waals surface area contributed by atoms with E-state index in [1.165, 1.54) is 12.8 Å². The summed E-state index contributed by atoms with van der Waals surface area (Å²) in [5.74, 6) is 2.52. The van der Waals surface area contributed by atoms with E-state index in [0.717, 1.165) is 43.0 Å². The fraction of sp³-hybridized carbons (Fsp3) is 0.667. The van der Waals surface area contributed by atoms with Gasteiger partial charge in [-0.25, -0.2) is 4.79 Å². The lowest BCUT2D eigenvalue weighted by Gasteiger charge is -2.40. The van der Waals surface area contributed by atoms with Crippen molar-refractivity contribution in [1.29, 1.82) is 0 Å². The van der Waals surface area contributed by atoms with Crippen LogP contribution in [-0.2, 0) is 4.74 Å². The normalized spacial score (nSPS) is 23.8. The average molecular weight is 468 g/mol. The van der Waals surface area contributed by atoms with Gasteiger partial charge in [0.2, 0.25) is 0 Å². The van der Waals surface area contributed by atoms with Gasteiger partial charge in [-0.1, -0.05) is 44.2 Å². The van der Waals surface area contributed by atoms with E-state index in [9.17, 15) is 4.79 Å². The summed E-state index contributed by atoms with van der Waals surface area (Å²) < 4.78 is 7.96. The highest BCUT2D eigenvalue weighted by molar-refractivity contribution is 5.68. The Bertz CT molecular complexity index is 951. The Morgan fingerprint density at radius 3 is 2.32 bits per heavy atom. The third-order valence-corrected chi connectivity index (χ3v) is 7.20. The Morgan fingerprint density at radius 2 is 1.74 bits per heavy atom. The number of hydrogen-bond acceptors (Lipinski definition) is 5. The molecule has 3 unspecified atom stereocenters. The van der Waals surface area contributed by atoms with Crippen LogP contribution in [0.1, 0.15) is 102 Å². The zero-order chi connectivity index (χ0) is 24.5. The highest BCUT2D eigenvalue weighted by Crippen LogP contribution is 2.42. The molecule has 3 atom stereocenters. The topological polar surface area (TPSA) is 72.3 Å². The second-order valence-electron chi connectivity index (χ2n) is 11.3. The van der Waals surface area contributed by atoms with E-state index in [0.29, 0.717) is 24.0 Å². The molecule has 3 heterocycles. The Hall–Kier alpha value is -2.41. The van der Waals surface area contributed by atoms with Crippen molar-refractivity contribution in [3.05, 3.63) is 47.5 Å². The summed E-state index contributed by atoms with van der Waals surface area (Å²) in [5.41, 5.74) is 0.610. The van der Waals surface area contributed by atoms with Crippen LogP contribution in [0, 0.1) is 6.92 Å². The maximum Gasteiger partial charge on any atom is 0.408 e. The Morgan fingerprint density at radius 1 is 1.09 bits per heavy atom. The maximum atomic E-state index is 12.6. The minimum Gasteiger partial charge on any atom is -0.444 e. The van der Waals surface area contributed by atoms with Gasteiger partial charge in [-0.3, -0.25) is 4.90 Å². The molecule has 0 saturated carbocycles. The lowest BCUT2D eigenvalue weighted by molar-refractivity contribution is 0.0488. The number of alkyl carbamates (subject to hydrolysis) is 1. The van der Waals surface area contributed by atoms with Crippen LogP contribution in [-0.4, -0.2) is 50.0 Å². The lowest BCUT2D eigenvalue weighted by atomic mass is 9.95. The van der Waals surface area contributed by atoms with E-state index in [1.54, 1.807) is 0 Å². The van der Waals surface area contributed by atoms with Crippen molar-refractivity contribution in [3.63, 3.8) is 0 Å². The predicted molar refractivity (Wildman–Crippen MR) is 134 cm³/mol. The molecule has 34 heavy (non-hydrogen) atoms. The van der Waals surface area contributed by atoms with Gasteiger partial charge >= 0.3 is 6.09 Å². The molecule has 0 spiro atoms. The van der Waals surface area contributed by atoms with E-state index in [-0.39, 0.29) is 12.1 Å². The standard InChI is InChI=1S/C27H41N5O2/c1-18(2)25-30-29-19(3)32(25)23-16-21-12-13-22(17-23)31(21)15-14-24(20-10-8-7-9-11-20)28-26(33)34-27(4,5)6/h7-11,18,21-24H,12-17H2,1-6H3,(H,28,33). The average Bonchev–Trinajstić information content (AvgIpc) is 3.26. The van der Waals surface area contributed by atoms with Crippen molar-refractivity contribution in [2.45, 2.75) is 109 Å². The van der Waals surface area contributed by atoms with Gasteiger partial charge in [0.15, 0.2) is 0 Å². The number of nitrogens with zero attached hydrogens (tertiary/aromatic N) is 4. The monoisotopic (exact) mass is 467 g/mol. The molecule has 1 N–H and O–H groups in total. The van der Waals surface area contributed by atoms with Crippen molar-refractivity contribution in [2.24, 2.45) is 0 Å². The van der Waals surface area contributed by atoms with Gasteiger partial charge in [-0.15, -0.1) is 10.2 Å². The fourth-order valence-corrected chi connectivity index (χ4v) is 5.79. The SMILES string of the molecule is Cc1nnc(C(C)C)n1C1CC2CCC(C1)N2CCC(NC(=O)OC(C)(C)C)c1ccccc1. The number of hydrogen-bond donors (Lipinski definition) is 1. The van der Waals surface area contributed by atoms with Crippen LogP contribution in [0.2, 0.25) is 0 Å². The quantitative estimate of drug-likeness (QED) is 0.579. The van der Waals surface area contributed by atoms with Crippen molar-refractivity contribution in [3.8, 4) is 0 Å². The van der Waals surface area contributed by atoms with E-state index in [1.807, 2.05) is 39.0 Å². The van der Waals surface area contributed by atoms with Gasteiger partial charge in [0.25, 0.3) is 0 Å². The molecule has 2 bridgehead atoms. The molecule has 186 valence electrons. The predicted octanol–water partition coefficient (Wildman–Crippen LogP) is 5.53. The molecule has 0 aliphatic carbocycles. The fourth-order valence-electron chi connectivity index (χ4n) is 5.79. The number of amides is 1. The van der Waals surface area contributed by atoms with Gasteiger partial charge in [0.1, 0.15) is 17.2 Å². The van der Waals surface area contributed by atoms with Gasteiger partial charge < -0.3 is 14.6 Å². The second-order valence-corrected chi connectivity index (χ2v) is 11.3. The van der Waals surface area contributed by atoms with E-state index < -0.39 is 5.60 Å². The van der Waals surface area contributed by atoms with Gasteiger partial charge in [0.05, 0.1) is 6.04 Å². The Kier molecular flexibility index (Phi) is 7.31. The van der Waals surface area contributed by atoms with E-state index >= 15 is 0 Å². The summed E-state index contributed by atoms with van der Waals surface area (Å²) in [6.45, 7) is 13.1. The molecule has 1 amide bonds. The van der Waals surface area contributed by atoms with Crippen LogP contribution >= 0.6 is 0 Å². The van der Waals surface area contributed by atoms with Crippen molar-refractivity contribution in [1.82, 2.24) is 25.0 Å². The third-order valence-electron chi connectivity index (χ3n) is 7.20. The summed E-state index contributed by atoms with van der Waals surface area (Å²) >= 11 is 0. The smallest absolute Gasteiger partial charge is 0.408 e. The summed E-state index contributed by atoms with van der Waals surface area (Å²) in [4.78, 5) is 15.3. The molecule has 2 aromatic rings. The minimum absolute atomic E-state index is 0.0687. The number of benzene rings is 1. The molecular weight excluding hydrogens is 426 g/mol. The Balaban J connectivity index is 1.43. The van der Waals surface area contributed by atoms with E-state index in [4.69, 9.17) is 4.74 Å². The van der Waals surface area contributed by atoms with Crippen molar-refractivity contribution in [2.75, 3.05) is 6.54 Å². The molecule has 2 aliphatic heterocycles. The summed E-state index contributed by atoms with van der Waals surface area (Å²) in [6.07, 6.45) is 5.29. The number of carbonyl (C=O) groups excluding carboxylic acids is 1. The number of nitrogens with one attached hydrogen (secondary N) is 1. The molecule has 0 radical (unpaired) electrons. The number of aromatic nitrogens is 3. The first-order valence-electron chi connectivity index (χ1n) is 12.8. The molecule has 1 aromatic heterocycles. The van der Waals surface area contributed by atoms with Crippen LogP contribution in [0.15, 0.2) is 30.3 Å². The molecule has 4 rings (SSSR count). The lowest BCUT2D eigenvalue weighted by Crippen LogP contribution is -2.45. The van der Waals surface area contributed by atoms with Crippen molar-refractivity contribution >= 4 is 6.09 Å². The molecule has 7 heteroatoms. The van der Waals surface area contributed by atoms with Gasteiger partial charge in [-0.2, -0.15) is 0 Å². The van der Waals surface area contributed by atoms with Gasteiger partial charge in [0, 0.05) is 30.6 Å². The molecular formula is C27H41N5O2. The number of piperidine rings is 1. The van der Waals surface area contributed by atoms with Crippen LogP contribution in [0.3, 0.4) is 0 Å². The maximum absolute atomic E-state index is 12.6. The first-order chi connectivity index (χ1) is 16.1. The number of carbonyl (C=O) groups is 1. The summed E-state index contributed by atoms with van der Waals surface area (Å²) in [6, 6.07) is 11.8. The van der Waals surface area contributed by atoms with Crippen LogP contribution in [0.4, 0.5) is 4.79 Å². The number of aryl methyl sites for hydroxylation is 1. The molecule has 2 saturated heterocycles. The largest absolute Gasteiger partial charge is 0.444 e. The molecule has 1 aromatic carbocycles. The highest BCUT2D eigenvalue weighted by atomic mass is 16.6. The Labute approximate surface area is 204 Å². The first-order valence-corrected chi connectivity index (χ1v) is 12.8. The molecule has 7 nitrogen and oxygen atoms in total. The van der Waals surface area contributed by atoms with Crippen LogP contribution in [0.25, 0.3) is 0 Å². The van der Waals surface area contributed by atoms with Crippen LogP contribution < -0.4 is 5.32 Å². The first kappa shape index (κ1) is 24.7. The second kappa shape index (κ2) is 10.1. The number of ether oxygens (including phenoxy) is 1. The van der Waals surface area contributed by atoms with Crippen LogP contribution in [0.5, 0.6) is 0 Å². The number of rotatable bonds is 7. The van der Waals surface area contributed by atoms with Gasteiger partial charge in [-0.05, 0) is 65.4 Å². The third kappa shape index (κ3) is 5.62. The number of fused-ring (bicyclic) bond motifs is 2. The van der Waals surface area contributed by atoms with Crippen molar-refractivity contribution < 1.29 is 9.53 Å². The minimum atomic E-state index is -0.512. The highest BCUT2D eigenvalue weighted by Gasteiger charge is 2.42. The summed E-state index contributed by atoms with van der Waals surface area (Å²) in [5, 5.41) is 12.0. The zero-order valence-electron chi connectivity index (χ0n) is 21.6. The zero-order valence-corrected chi connectivity index (χ0v) is 21.6.